The van der Waals surface area contributed by atoms with E-state index in [1.165, 1.54) is 6.07 Å². The van der Waals surface area contributed by atoms with Crippen molar-refractivity contribution in [1.82, 2.24) is 5.32 Å². The molecule has 0 aliphatic carbocycles. The molecule has 26 heavy (non-hydrogen) atoms. The molecule has 0 radical (unpaired) electrons. The van der Waals surface area contributed by atoms with Crippen LogP contribution < -0.4 is 14.8 Å². The molecule has 0 saturated heterocycles. The molecular formula is C20H24FNO3S. The van der Waals surface area contributed by atoms with Gasteiger partial charge in [0, 0.05) is 18.1 Å². The summed E-state index contributed by atoms with van der Waals surface area (Å²) in [6, 6.07) is 14.0. The van der Waals surface area contributed by atoms with Crippen LogP contribution in [0.15, 0.2) is 48.5 Å². The van der Waals surface area contributed by atoms with Gasteiger partial charge in [-0.15, -0.1) is 0 Å². The van der Waals surface area contributed by atoms with Crippen molar-refractivity contribution in [3.63, 3.8) is 0 Å². The summed E-state index contributed by atoms with van der Waals surface area (Å²) in [5.74, 6) is 2.07. The van der Waals surface area contributed by atoms with E-state index in [1.54, 1.807) is 43.1 Å². The number of ether oxygens (including phenoxy) is 2. The van der Waals surface area contributed by atoms with Crippen LogP contribution in [0.2, 0.25) is 0 Å². The molecule has 1 atom stereocenters. The van der Waals surface area contributed by atoms with Gasteiger partial charge in [-0.25, -0.2) is 4.39 Å². The monoisotopic (exact) mass is 377 g/mol. The van der Waals surface area contributed by atoms with E-state index in [4.69, 9.17) is 9.47 Å². The minimum atomic E-state index is -0.581. The van der Waals surface area contributed by atoms with Crippen molar-refractivity contribution in [3.8, 4) is 11.5 Å². The van der Waals surface area contributed by atoms with Gasteiger partial charge in [0.1, 0.15) is 5.82 Å². The smallest absolute Gasteiger partial charge is 0.261 e. The molecule has 0 saturated carbocycles. The van der Waals surface area contributed by atoms with Crippen LogP contribution in [0.5, 0.6) is 11.5 Å². The molecule has 1 amide bonds. The minimum absolute atomic E-state index is 0.162. The zero-order valence-corrected chi connectivity index (χ0v) is 15.9. The Hall–Kier alpha value is -2.21. The fourth-order valence-electron chi connectivity index (χ4n) is 2.35. The van der Waals surface area contributed by atoms with E-state index in [2.05, 4.69) is 5.32 Å². The Balaban J connectivity index is 1.76. The maximum atomic E-state index is 13.5. The summed E-state index contributed by atoms with van der Waals surface area (Å²) in [4.78, 5) is 12.3. The molecule has 2 aromatic rings. The first-order valence-corrected chi connectivity index (χ1v) is 9.69. The third-order valence-electron chi connectivity index (χ3n) is 3.76. The van der Waals surface area contributed by atoms with E-state index >= 15 is 0 Å². The number of para-hydroxylation sites is 2. The molecule has 0 aliphatic heterocycles. The highest BCUT2D eigenvalue weighted by Crippen LogP contribution is 2.27. The first kappa shape index (κ1) is 20.1. The largest absolute Gasteiger partial charge is 0.493 e. The average molecular weight is 377 g/mol. The molecule has 2 aromatic carbocycles. The van der Waals surface area contributed by atoms with Crippen LogP contribution in [-0.2, 0) is 10.5 Å². The normalized spacial score (nSPS) is 11.7. The van der Waals surface area contributed by atoms with Gasteiger partial charge in [0.15, 0.2) is 17.6 Å². The van der Waals surface area contributed by atoms with Crippen molar-refractivity contribution in [1.29, 1.82) is 0 Å². The molecule has 6 heteroatoms. The number of nitrogens with one attached hydrogen (secondary N) is 1. The predicted molar refractivity (Wildman–Crippen MR) is 103 cm³/mol. The Morgan fingerprint density at radius 1 is 1.15 bits per heavy atom. The van der Waals surface area contributed by atoms with Crippen LogP contribution in [0.25, 0.3) is 0 Å². The first-order chi connectivity index (χ1) is 12.7. The van der Waals surface area contributed by atoms with Crippen LogP contribution in [-0.4, -0.2) is 31.4 Å². The highest BCUT2D eigenvalue weighted by atomic mass is 32.2. The summed E-state index contributed by atoms with van der Waals surface area (Å²) in [7, 11) is 1.57. The Bertz CT molecular complexity index is 711. The van der Waals surface area contributed by atoms with Gasteiger partial charge in [-0.05, 0) is 30.2 Å². The third kappa shape index (κ3) is 5.95. The van der Waals surface area contributed by atoms with Crippen molar-refractivity contribution >= 4 is 17.7 Å². The van der Waals surface area contributed by atoms with Crippen molar-refractivity contribution in [3.05, 3.63) is 59.9 Å². The molecule has 0 unspecified atom stereocenters. The van der Waals surface area contributed by atoms with Crippen LogP contribution in [0.1, 0.15) is 18.9 Å². The summed E-state index contributed by atoms with van der Waals surface area (Å²) in [6.07, 6.45) is -0.0328. The Labute approximate surface area is 158 Å². The van der Waals surface area contributed by atoms with Crippen molar-refractivity contribution in [2.45, 2.75) is 25.2 Å². The van der Waals surface area contributed by atoms with Crippen molar-refractivity contribution in [2.75, 3.05) is 19.4 Å². The second-order valence-electron chi connectivity index (χ2n) is 5.60. The second kappa shape index (κ2) is 10.7. The maximum absolute atomic E-state index is 13.5. The van der Waals surface area contributed by atoms with Crippen LogP contribution >= 0.6 is 11.8 Å². The standard InChI is InChI=1S/C20H24FNO3S/c1-3-17(25-19-11-7-6-10-18(19)24-2)20(23)22-12-13-26-14-15-8-4-5-9-16(15)21/h4-11,17H,3,12-14H2,1-2H3,(H,22,23)/t17-/m1/s1. The number of halogens is 1. The molecule has 0 spiro atoms. The molecule has 0 aromatic heterocycles. The fourth-order valence-corrected chi connectivity index (χ4v) is 3.19. The lowest BCUT2D eigenvalue weighted by Crippen LogP contribution is -2.39. The van der Waals surface area contributed by atoms with Gasteiger partial charge in [-0.3, -0.25) is 4.79 Å². The highest BCUT2D eigenvalue weighted by molar-refractivity contribution is 7.98. The number of thioether (sulfide) groups is 1. The number of carbonyl (C=O) groups excluding carboxylic acids is 1. The number of benzene rings is 2. The van der Waals surface area contributed by atoms with Crippen LogP contribution in [0.3, 0.4) is 0 Å². The van der Waals surface area contributed by atoms with E-state index < -0.39 is 6.10 Å². The zero-order chi connectivity index (χ0) is 18.8. The van der Waals surface area contributed by atoms with Gasteiger partial charge in [-0.1, -0.05) is 37.3 Å². The number of carbonyl (C=O) groups is 1. The van der Waals surface area contributed by atoms with E-state index in [9.17, 15) is 9.18 Å². The average Bonchev–Trinajstić information content (AvgIpc) is 2.67. The number of hydrogen-bond donors (Lipinski definition) is 1. The van der Waals surface area contributed by atoms with Gasteiger partial charge in [0.25, 0.3) is 5.91 Å². The van der Waals surface area contributed by atoms with E-state index in [0.29, 0.717) is 41.5 Å². The minimum Gasteiger partial charge on any atom is -0.493 e. The number of methoxy groups -OCH3 is 1. The quantitative estimate of drug-likeness (QED) is 0.635. The molecule has 0 bridgehead atoms. The molecule has 2 rings (SSSR count). The molecule has 0 aliphatic rings. The lowest BCUT2D eigenvalue weighted by Gasteiger charge is -2.18. The molecule has 140 valence electrons. The molecule has 0 heterocycles. The van der Waals surface area contributed by atoms with E-state index in [-0.39, 0.29) is 11.7 Å². The molecule has 4 nitrogen and oxygen atoms in total. The summed E-state index contributed by atoms with van der Waals surface area (Å²) in [6.45, 7) is 2.40. The van der Waals surface area contributed by atoms with Gasteiger partial charge in [-0.2, -0.15) is 11.8 Å². The zero-order valence-electron chi connectivity index (χ0n) is 15.0. The van der Waals surface area contributed by atoms with Crippen molar-refractivity contribution in [2.24, 2.45) is 0 Å². The van der Waals surface area contributed by atoms with Gasteiger partial charge in [0.2, 0.25) is 0 Å². The van der Waals surface area contributed by atoms with Crippen LogP contribution in [0.4, 0.5) is 4.39 Å². The Kier molecular flexibility index (Phi) is 8.28. The summed E-state index contributed by atoms with van der Waals surface area (Å²) in [5.41, 5.74) is 0.676. The number of rotatable bonds is 10. The summed E-state index contributed by atoms with van der Waals surface area (Å²) >= 11 is 1.58. The number of hydrogen-bond acceptors (Lipinski definition) is 4. The SMILES string of the molecule is CC[C@@H](Oc1ccccc1OC)C(=O)NCCSCc1ccccc1F. The molecule has 1 N–H and O–H groups in total. The van der Waals surface area contributed by atoms with Crippen molar-refractivity contribution < 1.29 is 18.7 Å². The van der Waals surface area contributed by atoms with E-state index in [0.717, 1.165) is 0 Å². The van der Waals surface area contributed by atoms with E-state index in [1.807, 2.05) is 25.1 Å². The van der Waals surface area contributed by atoms with Crippen LogP contribution in [0, 0.1) is 5.82 Å². The second-order valence-corrected chi connectivity index (χ2v) is 6.71. The van der Waals surface area contributed by atoms with Gasteiger partial charge < -0.3 is 14.8 Å². The maximum Gasteiger partial charge on any atom is 0.261 e. The lowest BCUT2D eigenvalue weighted by molar-refractivity contribution is -0.128. The highest BCUT2D eigenvalue weighted by Gasteiger charge is 2.19. The molecule has 0 fully saturated rings. The Morgan fingerprint density at radius 3 is 2.54 bits per heavy atom. The Morgan fingerprint density at radius 2 is 1.85 bits per heavy atom. The van der Waals surface area contributed by atoms with Gasteiger partial charge >= 0.3 is 0 Å². The topological polar surface area (TPSA) is 47.6 Å². The summed E-state index contributed by atoms with van der Waals surface area (Å²) in [5, 5.41) is 2.87. The lowest BCUT2D eigenvalue weighted by atomic mass is 10.2. The fraction of sp³-hybridized carbons (Fsp3) is 0.350. The predicted octanol–water partition coefficient (Wildman–Crippen LogP) is 4.04. The first-order valence-electron chi connectivity index (χ1n) is 8.54. The summed E-state index contributed by atoms with van der Waals surface area (Å²) < 4.78 is 24.6. The van der Waals surface area contributed by atoms with Gasteiger partial charge in [0.05, 0.1) is 7.11 Å². The third-order valence-corrected chi connectivity index (χ3v) is 4.77. The number of amides is 1. The molecular weight excluding hydrogens is 353 g/mol.